The molecule has 2 N–H and O–H groups in total. The van der Waals surface area contributed by atoms with Gasteiger partial charge >= 0.3 is 5.97 Å². The van der Waals surface area contributed by atoms with Gasteiger partial charge in [0.25, 0.3) is 5.91 Å². The maximum absolute atomic E-state index is 13.4. The third-order valence-electron chi connectivity index (χ3n) is 7.10. The van der Waals surface area contributed by atoms with E-state index in [2.05, 4.69) is 21.7 Å². The van der Waals surface area contributed by atoms with Gasteiger partial charge in [-0.1, -0.05) is 30.0 Å². The Morgan fingerprint density at radius 1 is 1.14 bits per heavy atom. The maximum Gasteiger partial charge on any atom is 0.341 e. The molecule has 2 aliphatic rings. The second-order valence-electron chi connectivity index (χ2n) is 9.84. The van der Waals surface area contributed by atoms with E-state index in [0.717, 1.165) is 47.9 Å². The van der Waals surface area contributed by atoms with Crippen molar-refractivity contribution >= 4 is 56.6 Å². The number of carbonyl (C=O) groups is 3. The molecule has 2 atom stereocenters. The average molecular weight is 603 g/mol. The average Bonchev–Trinajstić information content (AvgIpc) is 3.64. The van der Waals surface area contributed by atoms with E-state index in [9.17, 15) is 19.6 Å². The summed E-state index contributed by atoms with van der Waals surface area (Å²) in [7, 11) is 0. The number of nitrogens with zero attached hydrogens (tertiary/aromatic N) is 2. The molecule has 216 valence electrons. The molecule has 0 fully saturated rings. The van der Waals surface area contributed by atoms with Crippen LogP contribution in [-0.2, 0) is 27.2 Å². The van der Waals surface area contributed by atoms with Crippen LogP contribution in [0.5, 0.6) is 0 Å². The minimum Gasteiger partial charge on any atom is -0.469 e. The summed E-state index contributed by atoms with van der Waals surface area (Å²) in [4.78, 5) is 45.1. The van der Waals surface area contributed by atoms with Crippen molar-refractivity contribution in [2.24, 2.45) is 10.9 Å². The number of thiophene rings is 1. The summed E-state index contributed by atoms with van der Waals surface area (Å²) < 4.78 is 11.0. The number of carbonyl (C=O) groups excluding carboxylic acids is 3. The Morgan fingerprint density at radius 3 is 2.64 bits per heavy atom. The SMILES string of the molecule is CCOC(=O)c1c(NC(=O)CSC2=NC(C)=C(C(=O)Nc3ccccc3)C(c3ccco3)C2C#N)sc2c1CCCC2. The Bertz CT molecular complexity index is 1580. The molecule has 0 saturated heterocycles. The van der Waals surface area contributed by atoms with E-state index in [1.54, 1.807) is 38.1 Å². The number of furan rings is 1. The summed E-state index contributed by atoms with van der Waals surface area (Å²) in [6.07, 6.45) is 5.19. The van der Waals surface area contributed by atoms with Gasteiger partial charge in [0, 0.05) is 16.3 Å². The number of ether oxygens (including phenoxy) is 1. The molecule has 3 aromatic rings. The molecule has 0 spiro atoms. The molecule has 1 aliphatic carbocycles. The van der Waals surface area contributed by atoms with Gasteiger partial charge in [-0.25, -0.2) is 9.79 Å². The molecule has 3 heterocycles. The molecule has 42 heavy (non-hydrogen) atoms. The summed E-state index contributed by atoms with van der Waals surface area (Å²) in [6, 6.07) is 14.8. The molecule has 9 nitrogen and oxygen atoms in total. The van der Waals surface area contributed by atoms with E-state index < -0.39 is 17.8 Å². The van der Waals surface area contributed by atoms with Crippen molar-refractivity contribution in [3.63, 3.8) is 0 Å². The standard InChI is InChI=1S/C31H30N4O5S2/c1-3-39-31(38)27-20-12-7-8-14-23(20)42-30(27)35-24(36)17-41-29-21(16-32)26(22-13-9-15-40-22)25(18(2)33-29)28(37)34-19-10-5-4-6-11-19/h4-6,9-11,13,15,21,26H,3,7-8,12,14,17H2,1-2H3,(H,34,37)(H,35,36). The number of amides is 2. The largest absolute Gasteiger partial charge is 0.469 e. The Labute approximate surface area is 252 Å². The molecular weight excluding hydrogens is 572 g/mol. The number of hydrogen-bond donors (Lipinski definition) is 2. The second-order valence-corrected chi connectivity index (χ2v) is 11.9. The van der Waals surface area contributed by atoms with Gasteiger partial charge in [0.05, 0.1) is 46.8 Å². The Kier molecular flexibility index (Phi) is 9.25. The number of aliphatic imine (C=N–C) groups is 1. The molecule has 11 heteroatoms. The number of fused-ring (bicyclic) bond motifs is 1. The molecule has 2 amide bonds. The number of thioether (sulfide) groups is 1. The number of para-hydroxylation sites is 1. The lowest BCUT2D eigenvalue weighted by molar-refractivity contribution is -0.114. The summed E-state index contributed by atoms with van der Waals surface area (Å²) in [5.74, 6) is -2.27. The van der Waals surface area contributed by atoms with Crippen LogP contribution in [0.2, 0.25) is 0 Å². The first-order chi connectivity index (χ1) is 20.4. The Morgan fingerprint density at radius 2 is 1.93 bits per heavy atom. The van der Waals surface area contributed by atoms with Crippen LogP contribution in [0.3, 0.4) is 0 Å². The van der Waals surface area contributed by atoms with E-state index in [-0.39, 0.29) is 24.2 Å². The normalized spacial score (nSPS) is 18.0. The van der Waals surface area contributed by atoms with E-state index in [1.165, 1.54) is 17.6 Å². The molecule has 1 aliphatic heterocycles. The summed E-state index contributed by atoms with van der Waals surface area (Å²) in [5.41, 5.74) is 2.81. The van der Waals surface area contributed by atoms with E-state index in [0.29, 0.717) is 38.3 Å². The van der Waals surface area contributed by atoms with Gasteiger partial charge in [0.15, 0.2) is 0 Å². The highest BCUT2D eigenvalue weighted by molar-refractivity contribution is 8.14. The van der Waals surface area contributed by atoms with E-state index in [4.69, 9.17) is 9.15 Å². The first kappa shape index (κ1) is 29.4. The molecule has 1 aromatic carbocycles. The zero-order valence-electron chi connectivity index (χ0n) is 23.3. The van der Waals surface area contributed by atoms with Crippen molar-refractivity contribution in [2.45, 2.75) is 45.4 Å². The zero-order valence-corrected chi connectivity index (χ0v) is 24.9. The van der Waals surface area contributed by atoms with Crippen molar-refractivity contribution in [3.8, 4) is 6.07 Å². The monoisotopic (exact) mass is 602 g/mol. The van der Waals surface area contributed by atoms with Gasteiger partial charge in [-0.15, -0.1) is 11.3 Å². The Balaban J connectivity index is 1.38. The van der Waals surface area contributed by atoms with Crippen LogP contribution >= 0.6 is 23.1 Å². The predicted molar refractivity (Wildman–Crippen MR) is 164 cm³/mol. The van der Waals surface area contributed by atoms with Crippen LogP contribution in [0.4, 0.5) is 10.7 Å². The van der Waals surface area contributed by atoms with Crippen molar-refractivity contribution in [2.75, 3.05) is 23.0 Å². The summed E-state index contributed by atoms with van der Waals surface area (Å²) in [6.45, 7) is 3.72. The highest BCUT2D eigenvalue weighted by Gasteiger charge is 2.40. The number of allylic oxidation sites excluding steroid dienone is 1. The highest BCUT2D eigenvalue weighted by atomic mass is 32.2. The van der Waals surface area contributed by atoms with Crippen molar-refractivity contribution in [1.29, 1.82) is 5.26 Å². The summed E-state index contributed by atoms with van der Waals surface area (Å²) in [5, 5.41) is 17.0. The number of nitrogens with one attached hydrogen (secondary N) is 2. The van der Waals surface area contributed by atoms with Crippen molar-refractivity contribution in [3.05, 3.63) is 81.8 Å². The molecule has 5 rings (SSSR count). The van der Waals surface area contributed by atoms with Crippen molar-refractivity contribution < 1.29 is 23.5 Å². The van der Waals surface area contributed by atoms with Gasteiger partial charge in [-0.05, 0) is 69.4 Å². The first-order valence-corrected chi connectivity index (χ1v) is 15.5. The molecule has 0 radical (unpaired) electrons. The third-order valence-corrected chi connectivity index (χ3v) is 9.35. The number of esters is 1. The van der Waals surface area contributed by atoms with Gasteiger partial charge < -0.3 is 19.8 Å². The zero-order chi connectivity index (χ0) is 29.6. The van der Waals surface area contributed by atoms with Gasteiger partial charge in [-0.3, -0.25) is 9.59 Å². The topological polar surface area (TPSA) is 134 Å². The second kappa shape index (κ2) is 13.2. The molecule has 0 saturated carbocycles. The molecule has 2 aromatic heterocycles. The quantitative estimate of drug-likeness (QED) is 0.288. The molecule has 2 unspecified atom stereocenters. The molecule has 0 bridgehead atoms. The fraction of sp³-hybridized carbons (Fsp3) is 0.323. The number of aryl methyl sites for hydroxylation is 1. The fourth-order valence-corrected chi connectivity index (χ4v) is 7.47. The van der Waals surface area contributed by atoms with Gasteiger partial charge in [-0.2, -0.15) is 5.26 Å². The predicted octanol–water partition coefficient (Wildman–Crippen LogP) is 6.32. The lowest BCUT2D eigenvalue weighted by Gasteiger charge is -2.28. The van der Waals surface area contributed by atoms with Gasteiger partial charge in [0.2, 0.25) is 5.91 Å². The third kappa shape index (κ3) is 6.20. The molecular formula is C31H30N4O5S2. The van der Waals surface area contributed by atoms with Crippen LogP contribution in [-0.4, -0.2) is 35.2 Å². The fourth-order valence-electron chi connectivity index (χ4n) is 5.26. The number of nitriles is 1. The van der Waals surface area contributed by atoms with Gasteiger partial charge in [0.1, 0.15) is 16.7 Å². The van der Waals surface area contributed by atoms with Crippen LogP contribution in [0.25, 0.3) is 0 Å². The van der Waals surface area contributed by atoms with Crippen LogP contribution in [0.1, 0.15) is 59.2 Å². The van der Waals surface area contributed by atoms with Crippen LogP contribution < -0.4 is 10.6 Å². The van der Waals surface area contributed by atoms with E-state index in [1.807, 2.05) is 18.2 Å². The number of benzene rings is 1. The lowest BCUT2D eigenvalue weighted by atomic mass is 9.81. The number of anilines is 2. The maximum atomic E-state index is 13.4. The highest BCUT2D eigenvalue weighted by Crippen LogP contribution is 2.42. The first-order valence-electron chi connectivity index (χ1n) is 13.7. The lowest BCUT2D eigenvalue weighted by Crippen LogP contribution is -2.31. The van der Waals surface area contributed by atoms with Crippen molar-refractivity contribution in [1.82, 2.24) is 0 Å². The number of hydrogen-bond acceptors (Lipinski definition) is 9. The Hall–Kier alpha value is -4.14. The minimum atomic E-state index is -0.849. The summed E-state index contributed by atoms with van der Waals surface area (Å²) >= 11 is 2.56. The number of rotatable bonds is 8. The van der Waals surface area contributed by atoms with Crippen LogP contribution in [0, 0.1) is 17.2 Å². The minimum absolute atomic E-state index is 0.0362. The van der Waals surface area contributed by atoms with Crippen LogP contribution in [0.15, 0.2) is 69.4 Å². The van der Waals surface area contributed by atoms with E-state index >= 15 is 0 Å². The smallest absolute Gasteiger partial charge is 0.341 e.